The van der Waals surface area contributed by atoms with Crippen molar-refractivity contribution in [1.29, 1.82) is 0 Å². The van der Waals surface area contributed by atoms with Crippen LogP contribution in [0.3, 0.4) is 0 Å². The summed E-state index contributed by atoms with van der Waals surface area (Å²) in [5.74, 6) is -0.0899. The topological polar surface area (TPSA) is 55.4 Å². The lowest BCUT2D eigenvalue weighted by Crippen LogP contribution is -2.41. The van der Waals surface area contributed by atoms with Gasteiger partial charge in [-0.2, -0.15) is 0 Å². The number of nitrogens with one attached hydrogen (secondary N) is 1. The van der Waals surface area contributed by atoms with E-state index >= 15 is 0 Å². The number of ether oxygens (including phenoxy) is 1. The molecule has 0 radical (unpaired) electrons. The molecule has 0 aromatic carbocycles. The van der Waals surface area contributed by atoms with Gasteiger partial charge in [0.25, 0.3) is 0 Å². The van der Waals surface area contributed by atoms with Crippen LogP contribution in [0.1, 0.15) is 54.9 Å². The first-order valence-corrected chi connectivity index (χ1v) is 6.47. The number of rotatable bonds is 5. The minimum absolute atomic E-state index is 0.0953. The van der Waals surface area contributed by atoms with Gasteiger partial charge in [-0.05, 0) is 33.1 Å². The summed E-state index contributed by atoms with van der Waals surface area (Å²) in [6.07, 6.45) is 0.411. The Morgan fingerprint density at radius 1 is 1.17 bits per heavy atom. The summed E-state index contributed by atoms with van der Waals surface area (Å²) in [4.78, 5) is 23.2. The van der Waals surface area contributed by atoms with Crippen LogP contribution in [-0.4, -0.2) is 24.0 Å². The van der Waals surface area contributed by atoms with Crippen LogP contribution < -0.4 is 5.32 Å². The molecule has 4 heteroatoms. The molecule has 106 valence electrons. The van der Waals surface area contributed by atoms with Crippen LogP contribution in [0.4, 0.5) is 4.79 Å². The van der Waals surface area contributed by atoms with E-state index in [2.05, 4.69) is 5.32 Å². The largest absolute Gasteiger partial charge is 0.444 e. The molecular weight excluding hydrogens is 230 g/mol. The number of hydrogen-bond acceptors (Lipinski definition) is 3. The minimum Gasteiger partial charge on any atom is -0.444 e. The zero-order chi connectivity index (χ0) is 14.6. The van der Waals surface area contributed by atoms with Gasteiger partial charge in [0.2, 0.25) is 0 Å². The molecule has 0 spiro atoms. The molecule has 1 atom stereocenters. The average molecular weight is 257 g/mol. The van der Waals surface area contributed by atoms with Gasteiger partial charge in [0.15, 0.2) is 0 Å². The lowest BCUT2D eigenvalue weighted by atomic mass is 9.75. The molecule has 0 aromatic heterocycles. The highest BCUT2D eigenvalue weighted by Crippen LogP contribution is 2.30. The summed E-state index contributed by atoms with van der Waals surface area (Å²) in [6, 6.07) is 0. The highest BCUT2D eigenvalue weighted by molar-refractivity contribution is 5.80. The monoisotopic (exact) mass is 257 g/mol. The van der Waals surface area contributed by atoms with Crippen LogP contribution in [0, 0.1) is 11.3 Å². The highest BCUT2D eigenvalue weighted by Gasteiger charge is 2.32. The smallest absolute Gasteiger partial charge is 0.407 e. The average Bonchev–Trinajstić information content (AvgIpc) is 2.14. The van der Waals surface area contributed by atoms with Crippen molar-refractivity contribution in [3.63, 3.8) is 0 Å². The van der Waals surface area contributed by atoms with Crippen molar-refractivity contribution in [3.05, 3.63) is 0 Å². The van der Waals surface area contributed by atoms with Gasteiger partial charge in [0.05, 0.1) is 0 Å². The number of hydrogen-bond donors (Lipinski definition) is 1. The molecule has 0 saturated heterocycles. The fraction of sp³-hybridized carbons (Fsp3) is 0.857. The van der Waals surface area contributed by atoms with E-state index in [1.807, 2.05) is 41.5 Å². The van der Waals surface area contributed by atoms with Gasteiger partial charge in [0, 0.05) is 12.5 Å². The van der Waals surface area contributed by atoms with Crippen molar-refractivity contribution < 1.29 is 14.3 Å². The Hall–Kier alpha value is -1.06. The van der Waals surface area contributed by atoms with Crippen molar-refractivity contribution >= 4 is 11.9 Å². The van der Waals surface area contributed by atoms with Crippen molar-refractivity contribution in [1.82, 2.24) is 5.32 Å². The van der Waals surface area contributed by atoms with Gasteiger partial charge < -0.3 is 10.1 Å². The van der Waals surface area contributed by atoms with Crippen molar-refractivity contribution in [2.45, 2.75) is 60.5 Å². The predicted octanol–water partition coefficient (Wildman–Crippen LogP) is 3.15. The maximum Gasteiger partial charge on any atom is 0.407 e. The van der Waals surface area contributed by atoms with E-state index in [1.165, 1.54) is 0 Å². The quantitative estimate of drug-likeness (QED) is 0.823. The molecule has 1 unspecified atom stereocenters. The van der Waals surface area contributed by atoms with E-state index < -0.39 is 11.7 Å². The molecule has 0 saturated carbocycles. The summed E-state index contributed by atoms with van der Waals surface area (Å²) < 4.78 is 5.15. The lowest BCUT2D eigenvalue weighted by molar-refractivity contribution is -0.124. The molecule has 0 rings (SSSR count). The Balaban J connectivity index is 4.48. The fourth-order valence-corrected chi connectivity index (χ4v) is 1.72. The van der Waals surface area contributed by atoms with Gasteiger partial charge in [-0.25, -0.2) is 4.79 Å². The summed E-state index contributed by atoms with van der Waals surface area (Å²) in [5, 5.41) is 2.68. The first kappa shape index (κ1) is 16.9. The SMILES string of the molecule is CCC(C)(C)C(CNC(=O)OC(C)(C)C)C(C)=O. The van der Waals surface area contributed by atoms with E-state index in [4.69, 9.17) is 4.74 Å². The summed E-state index contributed by atoms with van der Waals surface area (Å²) >= 11 is 0. The van der Waals surface area contributed by atoms with Gasteiger partial charge >= 0.3 is 6.09 Å². The van der Waals surface area contributed by atoms with E-state index in [0.717, 1.165) is 6.42 Å². The fourth-order valence-electron chi connectivity index (χ4n) is 1.72. The van der Waals surface area contributed by atoms with Crippen LogP contribution in [0.2, 0.25) is 0 Å². The molecule has 0 bridgehead atoms. The molecule has 0 aromatic rings. The zero-order valence-electron chi connectivity index (χ0n) is 12.7. The Morgan fingerprint density at radius 2 is 1.67 bits per heavy atom. The minimum atomic E-state index is -0.518. The van der Waals surface area contributed by atoms with Crippen molar-refractivity contribution in [2.75, 3.05) is 6.54 Å². The maximum absolute atomic E-state index is 11.7. The second-order valence-corrected chi connectivity index (χ2v) is 6.39. The molecule has 1 N–H and O–H groups in total. The third-order valence-electron chi connectivity index (χ3n) is 3.19. The number of ketones is 1. The zero-order valence-corrected chi connectivity index (χ0v) is 12.7. The van der Waals surface area contributed by atoms with Crippen LogP contribution in [0.25, 0.3) is 0 Å². The van der Waals surface area contributed by atoms with Gasteiger partial charge in [-0.3, -0.25) is 4.79 Å². The van der Waals surface area contributed by atoms with Gasteiger partial charge in [0.1, 0.15) is 11.4 Å². The first-order valence-electron chi connectivity index (χ1n) is 6.47. The Bertz CT molecular complexity index is 303. The van der Waals surface area contributed by atoms with Crippen LogP contribution in [0.15, 0.2) is 0 Å². The second-order valence-electron chi connectivity index (χ2n) is 6.39. The van der Waals surface area contributed by atoms with E-state index in [0.29, 0.717) is 6.54 Å². The number of Topliss-reactive ketones (excluding diaryl/α,β-unsaturated/α-hetero) is 1. The third-order valence-corrected chi connectivity index (χ3v) is 3.19. The molecular formula is C14H27NO3. The molecule has 1 amide bonds. The second kappa shape index (κ2) is 6.21. The molecule has 0 aliphatic rings. The number of amides is 1. The van der Waals surface area contributed by atoms with Gasteiger partial charge in [-0.1, -0.05) is 27.2 Å². The molecule has 4 nitrogen and oxygen atoms in total. The summed E-state index contributed by atoms with van der Waals surface area (Å²) in [5.41, 5.74) is -0.642. The van der Waals surface area contributed by atoms with Gasteiger partial charge in [-0.15, -0.1) is 0 Å². The van der Waals surface area contributed by atoms with E-state index in [1.54, 1.807) is 6.92 Å². The van der Waals surface area contributed by atoms with Crippen LogP contribution >= 0.6 is 0 Å². The van der Waals surface area contributed by atoms with Crippen LogP contribution in [0.5, 0.6) is 0 Å². The standard InChI is InChI=1S/C14H27NO3/c1-8-14(6,7)11(10(2)16)9-15-12(17)18-13(3,4)5/h11H,8-9H2,1-7H3,(H,15,17). The summed E-state index contributed by atoms with van der Waals surface area (Å²) in [7, 11) is 0. The molecule has 0 aliphatic carbocycles. The maximum atomic E-state index is 11.7. The number of alkyl carbamates (subject to hydrolysis) is 1. The number of carbonyl (C=O) groups excluding carboxylic acids is 2. The predicted molar refractivity (Wildman–Crippen MR) is 72.5 cm³/mol. The molecule has 18 heavy (non-hydrogen) atoms. The van der Waals surface area contributed by atoms with Crippen molar-refractivity contribution in [2.24, 2.45) is 11.3 Å². The van der Waals surface area contributed by atoms with E-state index in [9.17, 15) is 9.59 Å². The highest BCUT2D eigenvalue weighted by atomic mass is 16.6. The molecule has 0 fully saturated rings. The lowest BCUT2D eigenvalue weighted by Gasteiger charge is -2.32. The molecule has 0 aliphatic heterocycles. The normalized spacial score (nSPS) is 13.9. The Kier molecular flexibility index (Phi) is 5.84. The number of carbonyl (C=O) groups is 2. The Labute approximate surface area is 110 Å². The first-order chi connectivity index (χ1) is 7.99. The Morgan fingerprint density at radius 3 is 2.00 bits per heavy atom. The van der Waals surface area contributed by atoms with Crippen LogP contribution in [-0.2, 0) is 9.53 Å². The van der Waals surface area contributed by atoms with E-state index in [-0.39, 0.29) is 17.1 Å². The summed E-state index contributed by atoms with van der Waals surface area (Å²) in [6.45, 7) is 13.4. The molecule has 0 heterocycles. The van der Waals surface area contributed by atoms with Crippen molar-refractivity contribution in [3.8, 4) is 0 Å². The third kappa shape index (κ3) is 6.03.